The second-order valence-electron chi connectivity index (χ2n) is 6.63. The van der Waals surface area contributed by atoms with Crippen molar-refractivity contribution in [1.29, 1.82) is 0 Å². The van der Waals surface area contributed by atoms with Crippen molar-refractivity contribution >= 4 is 35.5 Å². The molecule has 10 nitrogen and oxygen atoms in total. The summed E-state index contributed by atoms with van der Waals surface area (Å²) in [7, 11) is 0. The number of anilines is 1. The van der Waals surface area contributed by atoms with Crippen LogP contribution in [0.25, 0.3) is 22.6 Å². The number of benzene rings is 1. The van der Waals surface area contributed by atoms with Crippen LogP contribution in [0, 0.1) is 5.82 Å². The molecule has 1 aromatic carbocycles. The van der Waals surface area contributed by atoms with Crippen LogP contribution >= 0.6 is 6.72 Å². The molecule has 29 heavy (non-hydrogen) atoms. The Bertz CT molecular complexity index is 1140. The van der Waals surface area contributed by atoms with Crippen LogP contribution in [0.3, 0.4) is 0 Å². The number of nitrogen functional groups attached to an aromatic ring is 1. The summed E-state index contributed by atoms with van der Waals surface area (Å²) in [4.78, 5) is 22.6. The first-order chi connectivity index (χ1) is 13.8. The number of aromatic nitrogens is 4. The Morgan fingerprint density at radius 1 is 1.28 bits per heavy atom. The second-order valence-corrected chi connectivity index (χ2v) is 9.42. The highest BCUT2D eigenvalue weighted by Crippen LogP contribution is 2.53. The molecule has 0 saturated carbocycles. The molecule has 0 spiro atoms. The zero-order valence-electron chi connectivity index (χ0n) is 14.6. The Labute approximate surface area is 168 Å². The lowest BCUT2D eigenvalue weighted by molar-refractivity contribution is -0.0587. The molecule has 5 rings (SSSR count). The zero-order valence-corrected chi connectivity index (χ0v) is 16.3. The standard InChI is InChI=1S/C16H15FN5O5PS/c17-8-3-1-7(2-4-8)14-21-10-13(18)19-6-20-15(10)22(14)16-11(23)12-9(26-16)5-25-28(24,29)27-12/h1-4,6,9,11-12,16,23H,5H2,(H,24,29)(H2,18,19,20)/t9?,11-,12?,16+,28?/m0/s1. The predicted octanol–water partition coefficient (Wildman–Crippen LogP) is 1.11. The maximum Gasteiger partial charge on any atom is 0.325 e. The topological polar surface area (TPSA) is 138 Å². The van der Waals surface area contributed by atoms with Gasteiger partial charge in [-0.1, -0.05) is 0 Å². The van der Waals surface area contributed by atoms with Gasteiger partial charge in [-0.3, -0.25) is 9.09 Å². The summed E-state index contributed by atoms with van der Waals surface area (Å²) in [6, 6.07) is 5.66. The number of aliphatic hydroxyl groups excluding tert-OH is 1. The van der Waals surface area contributed by atoms with Crippen molar-refractivity contribution in [3.63, 3.8) is 0 Å². The predicted molar refractivity (Wildman–Crippen MR) is 102 cm³/mol. The third-order valence-corrected chi connectivity index (χ3v) is 6.39. The van der Waals surface area contributed by atoms with E-state index in [0.717, 1.165) is 0 Å². The van der Waals surface area contributed by atoms with E-state index in [1.165, 1.54) is 30.6 Å². The van der Waals surface area contributed by atoms with Gasteiger partial charge in [-0.25, -0.2) is 19.3 Å². The van der Waals surface area contributed by atoms with E-state index >= 15 is 0 Å². The van der Waals surface area contributed by atoms with E-state index in [1.54, 1.807) is 4.57 Å². The molecule has 2 aromatic heterocycles. The minimum absolute atomic E-state index is 0.0262. The normalized spacial score (nSPS) is 31.8. The number of nitrogens with zero attached hydrogens (tertiary/aromatic N) is 4. The van der Waals surface area contributed by atoms with Gasteiger partial charge >= 0.3 is 6.72 Å². The Morgan fingerprint density at radius 3 is 2.79 bits per heavy atom. The Kier molecular flexibility index (Phi) is 4.40. The summed E-state index contributed by atoms with van der Waals surface area (Å²) in [5.41, 5.74) is 7.13. The summed E-state index contributed by atoms with van der Waals surface area (Å²) in [6.07, 6.45) is -2.46. The summed E-state index contributed by atoms with van der Waals surface area (Å²) in [5.74, 6) is 0.0878. The second kappa shape index (κ2) is 6.74. The van der Waals surface area contributed by atoms with Gasteiger partial charge in [-0.15, -0.1) is 0 Å². The molecule has 4 N–H and O–H groups in total. The first-order valence-electron chi connectivity index (χ1n) is 8.58. The highest BCUT2D eigenvalue weighted by atomic mass is 32.5. The minimum atomic E-state index is -3.45. The van der Waals surface area contributed by atoms with Gasteiger partial charge in [0.25, 0.3) is 0 Å². The summed E-state index contributed by atoms with van der Waals surface area (Å²) < 4.78 is 31.4. The van der Waals surface area contributed by atoms with E-state index in [9.17, 15) is 14.4 Å². The number of aliphatic hydroxyl groups is 1. The zero-order chi connectivity index (χ0) is 20.3. The molecular weight excluding hydrogens is 424 g/mol. The van der Waals surface area contributed by atoms with Crippen LogP contribution in [0.1, 0.15) is 6.23 Å². The van der Waals surface area contributed by atoms with Gasteiger partial charge in [-0.05, 0) is 36.1 Å². The SMILES string of the molecule is Nc1ncnc2c1nc(-c1ccc(F)cc1)n2[C@@H]1OC2COP(O)(=S)OC2[C@@H]1O. The number of imidazole rings is 1. The Balaban J connectivity index is 1.66. The van der Waals surface area contributed by atoms with Crippen LogP contribution in [0.15, 0.2) is 30.6 Å². The molecule has 3 unspecified atom stereocenters. The third kappa shape index (κ3) is 3.13. The highest BCUT2D eigenvalue weighted by molar-refractivity contribution is 8.07. The van der Waals surface area contributed by atoms with E-state index in [4.69, 9.17) is 31.3 Å². The molecule has 152 valence electrons. The van der Waals surface area contributed by atoms with Crippen LogP contribution in [-0.4, -0.2) is 54.4 Å². The van der Waals surface area contributed by atoms with Crippen molar-refractivity contribution in [2.75, 3.05) is 12.3 Å². The first-order valence-corrected chi connectivity index (χ1v) is 11.2. The van der Waals surface area contributed by atoms with E-state index in [0.29, 0.717) is 22.6 Å². The monoisotopic (exact) mass is 439 g/mol. The van der Waals surface area contributed by atoms with Gasteiger partial charge in [-0.2, -0.15) is 0 Å². The fourth-order valence-corrected chi connectivity index (χ4v) is 4.96. The van der Waals surface area contributed by atoms with Crippen LogP contribution in [-0.2, 0) is 25.6 Å². The summed E-state index contributed by atoms with van der Waals surface area (Å²) >= 11 is 4.88. The van der Waals surface area contributed by atoms with Crippen molar-refractivity contribution in [3.05, 3.63) is 36.4 Å². The van der Waals surface area contributed by atoms with Gasteiger partial charge in [0.15, 0.2) is 23.2 Å². The van der Waals surface area contributed by atoms with Crippen molar-refractivity contribution in [2.24, 2.45) is 0 Å². The number of ether oxygens (including phenoxy) is 1. The number of hydrogen-bond acceptors (Lipinski definition) is 9. The first kappa shape index (κ1) is 18.9. The van der Waals surface area contributed by atoms with Crippen molar-refractivity contribution in [3.8, 4) is 11.4 Å². The van der Waals surface area contributed by atoms with Crippen molar-refractivity contribution in [1.82, 2.24) is 19.5 Å². The summed E-state index contributed by atoms with van der Waals surface area (Å²) in [5, 5.41) is 10.9. The summed E-state index contributed by atoms with van der Waals surface area (Å²) in [6.45, 7) is -3.47. The average molecular weight is 439 g/mol. The maximum atomic E-state index is 13.4. The highest BCUT2D eigenvalue weighted by Gasteiger charge is 2.51. The smallest absolute Gasteiger partial charge is 0.325 e. The molecule has 13 heteroatoms. The molecule has 0 aliphatic carbocycles. The van der Waals surface area contributed by atoms with Crippen LogP contribution in [0.4, 0.5) is 10.2 Å². The number of halogens is 1. The molecule has 2 aliphatic heterocycles. The van der Waals surface area contributed by atoms with Gasteiger partial charge in [0.1, 0.15) is 36.3 Å². The number of fused-ring (bicyclic) bond motifs is 2. The van der Waals surface area contributed by atoms with Gasteiger partial charge < -0.3 is 25.0 Å². The molecule has 2 fully saturated rings. The molecule has 3 aromatic rings. The fraction of sp³-hybridized carbons (Fsp3) is 0.312. The molecule has 2 aliphatic rings. The van der Waals surface area contributed by atoms with Crippen LogP contribution in [0.5, 0.6) is 0 Å². The number of hydrogen-bond donors (Lipinski definition) is 3. The molecule has 0 bridgehead atoms. The lowest BCUT2D eigenvalue weighted by Crippen LogP contribution is -2.39. The molecule has 0 amide bonds. The Morgan fingerprint density at radius 2 is 2.03 bits per heavy atom. The largest absolute Gasteiger partial charge is 0.386 e. The molecule has 4 heterocycles. The van der Waals surface area contributed by atoms with Gasteiger partial charge in [0.2, 0.25) is 0 Å². The fourth-order valence-electron chi connectivity index (χ4n) is 3.52. The van der Waals surface area contributed by atoms with Gasteiger partial charge in [0.05, 0.1) is 6.61 Å². The lowest BCUT2D eigenvalue weighted by Gasteiger charge is -2.30. The van der Waals surface area contributed by atoms with E-state index in [-0.39, 0.29) is 12.4 Å². The lowest BCUT2D eigenvalue weighted by atomic mass is 10.1. The number of nitrogens with two attached hydrogens (primary N) is 1. The van der Waals surface area contributed by atoms with Crippen molar-refractivity contribution < 1.29 is 28.2 Å². The molecule has 2 saturated heterocycles. The van der Waals surface area contributed by atoms with E-state index in [1.807, 2.05) is 0 Å². The quantitative estimate of drug-likeness (QED) is 0.498. The van der Waals surface area contributed by atoms with E-state index < -0.39 is 37.1 Å². The molecular formula is C16H15FN5O5PS. The molecule has 5 atom stereocenters. The van der Waals surface area contributed by atoms with Crippen LogP contribution < -0.4 is 5.73 Å². The van der Waals surface area contributed by atoms with Crippen LogP contribution in [0.2, 0.25) is 0 Å². The van der Waals surface area contributed by atoms with E-state index in [2.05, 4.69) is 15.0 Å². The van der Waals surface area contributed by atoms with Gasteiger partial charge in [0, 0.05) is 5.56 Å². The Hall–Kier alpha value is -2.05. The number of rotatable bonds is 2. The maximum absolute atomic E-state index is 13.4. The molecule has 0 radical (unpaired) electrons. The minimum Gasteiger partial charge on any atom is -0.386 e. The third-order valence-electron chi connectivity index (χ3n) is 4.83. The van der Waals surface area contributed by atoms with Crippen molar-refractivity contribution in [2.45, 2.75) is 24.5 Å². The average Bonchev–Trinajstić information content (AvgIpc) is 3.21.